The van der Waals surface area contributed by atoms with E-state index in [2.05, 4.69) is 13.0 Å². The highest BCUT2D eigenvalue weighted by Crippen LogP contribution is 2.05. The Kier molecular flexibility index (Phi) is 8.37. The number of carbonyl (C=O) groups excluding carboxylic acids is 1. The van der Waals surface area contributed by atoms with Gasteiger partial charge < -0.3 is 0 Å². The van der Waals surface area contributed by atoms with Crippen molar-refractivity contribution in [3.8, 4) is 0 Å². The topological polar surface area (TPSA) is 17.1 Å². The van der Waals surface area contributed by atoms with E-state index in [1.54, 1.807) is 6.08 Å². The number of benzene rings is 1. The Bertz CT molecular complexity index is 401. The monoisotopic (exact) mass is 256 g/mol. The second-order valence-corrected chi connectivity index (χ2v) is 4.72. The zero-order valence-corrected chi connectivity index (χ0v) is 11.8. The van der Waals surface area contributed by atoms with E-state index in [0.29, 0.717) is 0 Å². The van der Waals surface area contributed by atoms with Gasteiger partial charge in [-0.05, 0) is 18.9 Å². The van der Waals surface area contributed by atoms with Gasteiger partial charge in [0.2, 0.25) is 0 Å². The summed E-state index contributed by atoms with van der Waals surface area (Å²) in [7, 11) is 0. The number of unbranched alkanes of at least 4 members (excludes halogenated alkanes) is 5. The Morgan fingerprint density at radius 1 is 1.00 bits per heavy atom. The first-order chi connectivity index (χ1) is 9.34. The summed E-state index contributed by atoms with van der Waals surface area (Å²) in [5.74, 6) is 0.0631. The van der Waals surface area contributed by atoms with Crippen LogP contribution in [0.2, 0.25) is 0 Å². The van der Waals surface area contributed by atoms with Gasteiger partial charge in [-0.1, -0.05) is 81.2 Å². The highest BCUT2D eigenvalue weighted by Gasteiger charge is 1.97. The molecule has 0 heterocycles. The predicted molar refractivity (Wildman–Crippen MR) is 82.4 cm³/mol. The molecule has 0 aliphatic carbocycles. The summed E-state index contributed by atoms with van der Waals surface area (Å²) in [6.45, 7) is 2.23. The normalized spacial score (nSPS) is 11.4. The van der Waals surface area contributed by atoms with Gasteiger partial charge in [0.1, 0.15) is 0 Å². The maximum absolute atomic E-state index is 11.7. The number of hydrogen-bond acceptors (Lipinski definition) is 1. The molecule has 0 N–H and O–H groups in total. The maximum atomic E-state index is 11.7. The van der Waals surface area contributed by atoms with Crippen molar-refractivity contribution in [1.82, 2.24) is 0 Å². The Morgan fingerprint density at radius 3 is 2.47 bits per heavy atom. The quantitative estimate of drug-likeness (QED) is 0.252. The fraction of sp³-hybridized carbons (Fsp3) is 0.389. The molecule has 19 heavy (non-hydrogen) atoms. The van der Waals surface area contributed by atoms with Crippen LogP contribution in [0.1, 0.15) is 55.8 Å². The zero-order valence-electron chi connectivity index (χ0n) is 11.8. The number of rotatable bonds is 9. The molecular formula is C18H24O. The smallest absolute Gasteiger partial charge is 0.185 e. The Labute approximate surface area is 117 Å². The molecule has 0 atom stereocenters. The molecular weight excluding hydrogens is 232 g/mol. The fourth-order valence-corrected chi connectivity index (χ4v) is 1.88. The molecule has 0 bridgehead atoms. The van der Waals surface area contributed by atoms with Gasteiger partial charge in [0.15, 0.2) is 5.78 Å². The number of allylic oxidation sites excluding steroid dienone is 4. The van der Waals surface area contributed by atoms with E-state index < -0.39 is 0 Å². The van der Waals surface area contributed by atoms with E-state index in [9.17, 15) is 4.79 Å². The van der Waals surface area contributed by atoms with Gasteiger partial charge in [-0.15, -0.1) is 0 Å². The van der Waals surface area contributed by atoms with Crippen LogP contribution in [0.5, 0.6) is 0 Å². The summed E-state index contributed by atoms with van der Waals surface area (Å²) in [4.78, 5) is 11.7. The molecule has 0 saturated heterocycles. The Hall–Kier alpha value is -1.63. The first-order valence-corrected chi connectivity index (χ1v) is 7.27. The van der Waals surface area contributed by atoms with Crippen molar-refractivity contribution in [2.24, 2.45) is 0 Å². The summed E-state index contributed by atoms with van der Waals surface area (Å²) in [6, 6.07) is 9.35. The fourth-order valence-electron chi connectivity index (χ4n) is 1.88. The third-order valence-corrected chi connectivity index (χ3v) is 3.03. The van der Waals surface area contributed by atoms with E-state index >= 15 is 0 Å². The molecule has 1 nitrogen and oxygen atoms in total. The standard InChI is InChI=1S/C18H24O/c1-2-3-4-5-6-7-8-9-13-16-18(19)17-14-11-10-12-15-17/h8-16H,2-7H2,1H3/b9-8+,16-13+. The molecule has 1 heteroatoms. The van der Waals surface area contributed by atoms with Gasteiger partial charge in [0.05, 0.1) is 0 Å². The predicted octanol–water partition coefficient (Wildman–Crippen LogP) is 5.34. The molecule has 0 unspecified atom stereocenters. The van der Waals surface area contributed by atoms with E-state index in [0.717, 1.165) is 12.0 Å². The summed E-state index contributed by atoms with van der Waals surface area (Å²) in [5.41, 5.74) is 0.742. The second kappa shape index (κ2) is 10.3. The van der Waals surface area contributed by atoms with Crippen molar-refractivity contribution < 1.29 is 4.79 Å². The average Bonchev–Trinajstić information content (AvgIpc) is 2.46. The van der Waals surface area contributed by atoms with Crippen molar-refractivity contribution in [3.63, 3.8) is 0 Å². The van der Waals surface area contributed by atoms with Crippen LogP contribution in [0, 0.1) is 0 Å². The van der Waals surface area contributed by atoms with E-state index in [1.165, 1.54) is 32.1 Å². The van der Waals surface area contributed by atoms with E-state index in [1.807, 2.05) is 42.5 Å². The van der Waals surface area contributed by atoms with Crippen molar-refractivity contribution in [3.05, 3.63) is 60.2 Å². The lowest BCUT2D eigenvalue weighted by Gasteiger charge is -1.95. The number of carbonyl (C=O) groups is 1. The Morgan fingerprint density at radius 2 is 1.74 bits per heavy atom. The molecule has 0 aliphatic rings. The lowest BCUT2D eigenvalue weighted by Crippen LogP contribution is -1.92. The summed E-state index contributed by atoms with van der Waals surface area (Å²) in [6.07, 6.45) is 15.2. The minimum absolute atomic E-state index is 0.0631. The molecule has 0 aromatic heterocycles. The third kappa shape index (κ3) is 7.40. The zero-order chi connectivity index (χ0) is 13.8. The van der Waals surface area contributed by atoms with Crippen LogP contribution >= 0.6 is 0 Å². The van der Waals surface area contributed by atoms with Gasteiger partial charge in [0.25, 0.3) is 0 Å². The second-order valence-electron chi connectivity index (χ2n) is 4.72. The first kappa shape index (κ1) is 15.4. The van der Waals surface area contributed by atoms with Crippen LogP contribution in [0.4, 0.5) is 0 Å². The first-order valence-electron chi connectivity index (χ1n) is 7.27. The molecule has 0 aliphatic heterocycles. The van der Waals surface area contributed by atoms with Crippen LogP contribution in [0.3, 0.4) is 0 Å². The molecule has 0 radical (unpaired) electrons. The van der Waals surface area contributed by atoms with Crippen molar-refractivity contribution in [2.45, 2.75) is 45.4 Å². The van der Waals surface area contributed by atoms with Crippen LogP contribution in [-0.4, -0.2) is 5.78 Å². The SMILES string of the molecule is CCCCCCC/C=C/C=C/C(=O)c1ccccc1. The van der Waals surface area contributed by atoms with E-state index in [-0.39, 0.29) is 5.78 Å². The molecule has 1 rings (SSSR count). The lowest BCUT2D eigenvalue weighted by molar-refractivity contribution is 0.104. The summed E-state index contributed by atoms with van der Waals surface area (Å²) >= 11 is 0. The molecule has 102 valence electrons. The van der Waals surface area contributed by atoms with Gasteiger partial charge in [0, 0.05) is 5.56 Å². The van der Waals surface area contributed by atoms with Gasteiger partial charge in [-0.25, -0.2) is 0 Å². The van der Waals surface area contributed by atoms with Gasteiger partial charge in [-0.3, -0.25) is 4.79 Å². The maximum Gasteiger partial charge on any atom is 0.185 e. The van der Waals surface area contributed by atoms with Crippen molar-refractivity contribution in [1.29, 1.82) is 0 Å². The third-order valence-electron chi connectivity index (χ3n) is 3.03. The van der Waals surface area contributed by atoms with Gasteiger partial charge >= 0.3 is 0 Å². The van der Waals surface area contributed by atoms with Crippen LogP contribution in [-0.2, 0) is 0 Å². The van der Waals surface area contributed by atoms with E-state index in [4.69, 9.17) is 0 Å². The highest BCUT2D eigenvalue weighted by atomic mass is 16.1. The van der Waals surface area contributed by atoms with Crippen molar-refractivity contribution >= 4 is 5.78 Å². The molecule has 0 amide bonds. The van der Waals surface area contributed by atoms with Gasteiger partial charge in [-0.2, -0.15) is 0 Å². The minimum Gasteiger partial charge on any atom is -0.289 e. The lowest BCUT2D eigenvalue weighted by atomic mass is 10.1. The van der Waals surface area contributed by atoms with Crippen LogP contribution < -0.4 is 0 Å². The minimum atomic E-state index is 0.0631. The summed E-state index contributed by atoms with van der Waals surface area (Å²) < 4.78 is 0. The van der Waals surface area contributed by atoms with Crippen molar-refractivity contribution in [2.75, 3.05) is 0 Å². The summed E-state index contributed by atoms with van der Waals surface area (Å²) in [5, 5.41) is 0. The highest BCUT2D eigenvalue weighted by molar-refractivity contribution is 6.04. The average molecular weight is 256 g/mol. The molecule has 1 aromatic rings. The number of hydrogen-bond donors (Lipinski definition) is 0. The Balaban J connectivity index is 2.17. The van der Waals surface area contributed by atoms with Crippen LogP contribution in [0.15, 0.2) is 54.6 Å². The number of ketones is 1. The van der Waals surface area contributed by atoms with Crippen LogP contribution in [0.25, 0.3) is 0 Å². The molecule has 0 fully saturated rings. The molecule has 0 spiro atoms. The molecule has 1 aromatic carbocycles. The largest absolute Gasteiger partial charge is 0.289 e. The molecule has 0 saturated carbocycles.